The van der Waals surface area contributed by atoms with E-state index in [2.05, 4.69) is 38.8 Å². The molecule has 18 N–H and O–H groups in total. The first-order chi connectivity index (χ1) is 59.2. The van der Waals surface area contributed by atoms with Gasteiger partial charge in [-0.05, 0) is 89.9 Å². The molecule has 3 aliphatic heterocycles. The summed E-state index contributed by atoms with van der Waals surface area (Å²) in [6.45, 7) is 4.15. The molecule has 0 aromatic rings. The number of carbonyl (C=O) groups is 9. The van der Waals surface area contributed by atoms with E-state index < -0.39 is 184 Å². The fourth-order valence-electron chi connectivity index (χ4n) is 13.8. The van der Waals surface area contributed by atoms with Gasteiger partial charge in [-0.1, -0.05) is 65.2 Å². The summed E-state index contributed by atoms with van der Waals surface area (Å²) in [6.07, 6.45) is -1.96. The minimum atomic E-state index is -4.87. The second kappa shape index (κ2) is 65.3. The molecule has 3 saturated heterocycles. The molecule has 0 aromatic carbocycles. The summed E-state index contributed by atoms with van der Waals surface area (Å²) >= 11 is 0. The van der Waals surface area contributed by atoms with Crippen molar-refractivity contribution in [1.82, 2.24) is 46.6 Å². The molecule has 0 aromatic heterocycles. The van der Waals surface area contributed by atoms with E-state index in [1.807, 2.05) is 6.92 Å². The summed E-state index contributed by atoms with van der Waals surface area (Å²) < 4.78 is 87.7. The van der Waals surface area contributed by atoms with Gasteiger partial charge >= 0.3 is 15.6 Å². The number of phosphoric acid groups is 2. The van der Waals surface area contributed by atoms with Crippen LogP contribution in [0, 0.1) is 0 Å². The number of ether oxygens (including phenoxy) is 7. The Kier molecular flexibility index (Phi) is 59.5. The predicted octanol–water partition coefficient (Wildman–Crippen LogP) is -0.691. The number of rotatable bonds is 71. The van der Waals surface area contributed by atoms with Crippen LogP contribution in [-0.4, -0.2) is 365 Å². The van der Waals surface area contributed by atoms with E-state index in [0.717, 1.165) is 25.7 Å². The third kappa shape index (κ3) is 47.4. The van der Waals surface area contributed by atoms with E-state index in [4.69, 9.17) is 51.3 Å². The molecule has 124 heavy (non-hydrogen) atoms. The van der Waals surface area contributed by atoms with Gasteiger partial charge in [0.05, 0.1) is 65.6 Å². The van der Waals surface area contributed by atoms with E-state index in [1.165, 1.54) is 35.5 Å². The van der Waals surface area contributed by atoms with Crippen LogP contribution in [0.3, 0.4) is 0 Å². The number of nitrogens with zero attached hydrogens (tertiary/aromatic N) is 3. The molecular formula is C79H147N9O34P2. The lowest BCUT2D eigenvalue weighted by molar-refractivity contribution is -0.270. The average Bonchev–Trinajstić information content (AvgIpc) is 0.817. The molecule has 18 atom stereocenters. The van der Waals surface area contributed by atoms with Crippen LogP contribution in [0.4, 0.5) is 0 Å². The van der Waals surface area contributed by atoms with Crippen molar-refractivity contribution in [2.75, 3.05) is 138 Å². The molecule has 45 heteroatoms. The Balaban J connectivity index is 1.51. The third-order valence-electron chi connectivity index (χ3n) is 20.9. The second-order valence-corrected chi connectivity index (χ2v) is 33.9. The SMILES string of the molecule is CCCC[C@@H](CC)OCCN(CCOP(=O)(O)OCCN(CCOP(=O)(O)OCCN(CCO)C(=O)CCCCCNC(=O)CCCCCOC1OC(CO)C(O)C(O)C1NC(C)=O)C(=O)CCCCCNC(=O)CCCCCOC1OC(CO)C(O)C(O)C1NC(C)=O)C(=O)CCCCCNC(=O)CCCCCOC1OC(CO)C(O)C(O)C1NC(C)=O. The van der Waals surface area contributed by atoms with Gasteiger partial charge in [0.2, 0.25) is 53.2 Å². The summed E-state index contributed by atoms with van der Waals surface area (Å²) in [5, 5.41) is 117. The fraction of sp³-hybridized carbons (Fsp3) is 0.886. The molecular weight excluding hydrogens is 1680 g/mol. The Bertz CT molecular complexity index is 3120. The number of unbranched alkanes of at least 4 members (excludes halogenated alkanes) is 13. The molecule has 0 spiro atoms. The van der Waals surface area contributed by atoms with Crippen molar-refractivity contribution in [1.29, 1.82) is 0 Å². The molecule has 3 heterocycles. The number of carbonyl (C=O) groups excluding carboxylic acids is 9. The number of hydrogen-bond acceptors (Lipinski definition) is 32. The first-order valence-electron chi connectivity index (χ1n) is 43.9. The monoisotopic (exact) mass is 1830 g/mol. The minimum absolute atomic E-state index is 0.0437. The van der Waals surface area contributed by atoms with Crippen LogP contribution < -0.4 is 31.9 Å². The van der Waals surface area contributed by atoms with Crippen LogP contribution >= 0.6 is 15.6 Å². The Labute approximate surface area is 727 Å². The summed E-state index contributed by atoms with van der Waals surface area (Å²) in [4.78, 5) is 139. The van der Waals surface area contributed by atoms with Crippen molar-refractivity contribution in [3.8, 4) is 0 Å². The Hall–Kier alpha value is -5.23. The first kappa shape index (κ1) is 113. The fourth-order valence-corrected chi connectivity index (χ4v) is 15.2. The zero-order chi connectivity index (χ0) is 91.8. The van der Waals surface area contributed by atoms with Gasteiger partial charge in [0, 0.05) is 138 Å². The van der Waals surface area contributed by atoms with Crippen LogP contribution in [0.15, 0.2) is 0 Å². The van der Waals surface area contributed by atoms with Crippen LogP contribution in [-0.2, 0) is 104 Å². The largest absolute Gasteiger partial charge is 0.472 e. The Morgan fingerprint density at radius 2 is 0.645 bits per heavy atom. The standard InChI is InChI=1S/C79H147N9O34P2/c1-6-8-27-58(7-2)112-47-38-87(66(100)32-19-10-22-35-81-63(97)29-16-13-25-45-114-78-69(84-56(4)94)75(106)72(103)60(53-91)121-78)40-49-117-124(110,111)119-51-42-88(67(101)33-20-11-23-36-82-64(98)30-17-14-26-46-115-79-70(85-57(5)95)76(107)73(104)61(54-92)122-79)41-50-118-123(108,109)116-48-39-86(37-43-89)65(99)31-18-9-21-34-80-62(96)28-15-12-24-44-113-77-68(83-55(3)93)74(105)71(102)59(52-90)120-77/h58-61,68-79,89-92,102-107H,6-54H2,1-5H3,(H,80,96)(H,81,97)(H,82,98)(H,83,93)(H,84,94)(H,85,95)(H,108,109)(H,110,111)/t58-,59?,60?,61?,68?,69?,70?,71?,72?,73?,74?,75?,76?,77?,78?,79?/m1/s1. The van der Waals surface area contributed by atoms with Crippen LogP contribution in [0.5, 0.6) is 0 Å². The molecule has 43 nitrogen and oxygen atoms in total. The Morgan fingerprint density at radius 1 is 0.363 bits per heavy atom. The summed E-state index contributed by atoms with van der Waals surface area (Å²) in [5.41, 5.74) is 0. The molecule has 0 radical (unpaired) electrons. The van der Waals surface area contributed by atoms with Crippen molar-refractivity contribution >= 4 is 68.8 Å². The van der Waals surface area contributed by atoms with Crippen molar-refractivity contribution in [3.05, 3.63) is 0 Å². The highest BCUT2D eigenvalue weighted by Crippen LogP contribution is 2.44. The smallest absolute Gasteiger partial charge is 0.395 e. The van der Waals surface area contributed by atoms with E-state index in [-0.39, 0.29) is 146 Å². The summed E-state index contributed by atoms with van der Waals surface area (Å²) in [5.74, 6) is -3.15. The Morgan fingerprint density at radius 3 is 0.919 bits per heavy atom. The maximum absolute atomic E-state index is 13.8. The summed E-state index contributed by atoms with van der Waals surface area (Å²) in [7, 11) is -9.73. The topological polar surface area (TPSA) is 614 Å². The van der Waals surface area contributed by atoms with Crippen molar-refractivity contribution in [2.45, 2.75) is 312 Å². The lowest BCUT2D eigenvalue weighted by Crippen LogP contribution is -2.64. The number of amides is 9. The summed E-state index contributed by atoms with van der Waals surface area (Å²) in [6, 6.07) is -3.21. The number of hydrogen-bond donors (Lipinski definition) is 18. The molecule has 3 fully saturated rings. The van der Waals surface area contributed by atoms with Gasteiger partial charge < -0.3 is 141 Å². The van der Waals surface area contributed by atoms with E-state index >= 15 is 0 Å². The number of phosphoric ester groups is 2. The molecule has 9 amide bonds. The van der Waals surface area contributed by atoms with Crippen LogP contribution in [0.25, 0.3) is 0 Å². The van der Waals surface area contributed by atoms with E-state index in [9.17, 15) is 113 Å². The highest BCUT2D eigenvalue weighted by Gasteiger charge is 2.48. The maximum Gasteiger partial charge on any atom is 0.472 e. The normalized spacial score (nSPS) is 23.9. The van der Waals surface area contributed by atoms with Gasteiger partial charge in [-0.25, -0.2) is 9.13 Å². The average molecular weight is 1830 g/mol. The zero-order valence-corrected chi connectivity index (χ0v) is 74.8. The molecule has 17 unspecified atom stereocenters. The lowest BCUT2D eigenvalue weighted by Gasteiger charge is -2.42. The van der Waals surface area contributed by atoms with Gasteiger partial charge in [0.15, 0.2) is 18.9 Å². The highest BCUT2D eigenvalue weighted by molar-refractivity contribution is 7.47. The zero-order valence-electron chi connectivity index (χ0n) is 73.0. The second-order valence-electron chi connectivity index (χ2n) is 31.0. The lowest BCUT2D eigenvalue weighted by atomic mass is 9.97. The minimum Gasteiger partial charge on any atom is -0.395 e. The van der Waals surface area contributed by atoms with Crippen LogP contribution in [0.2, 0.25) is 0 Å². The van der Waals surface area contributed by atoms with Gasteiger partial charge in [-0.2, -0.15) is 0 Å². The number of nitrogens with one attached hydrogen (secondary N) is 6. The quantitative estimate of drug-likeness (QED) is 0.0265. The third-order valence-corrected chi connectivity index (χ3v) is 22.9. The first-order valence-corrected chi connectivity index (χ1v) is 46.9. The van der Waals surface area contributed by atoms with E-state index in [0.29, 0.717) is 129 Å². The molecule has 722 valence electrons. The number of aliphatic hydroxyl groups excluding tert-OH is 10. The van der Waals surface area contributed by atoms with Crippen LogP contribution in [0.1, 0.15) is 214 Å². The highest BCUT2D eigenvalue weighted by atomic mass is 31.2. The molecule has 0 aliphatic carbocycles. The molecule has 0 saturated carbocycles. The maximum atomic E-state index is 13.8. The van der Waals surface area contributed by atoms with Gasteiger partial charge in [0.25, 0.3) is 0 Å². The van der Waals surface area contributed by atoms with Crippen molar-refractivity contribution < 1.29 is 164 Å². The van der Waals surface area contributed by atoms with Gasteiger partial charge in [-0.15, -0.1) is 0 Å². The van der Waals surface area contributed by atoms with Gasteiger partial charge in [0.1, 0.15) is 73.1 Å². The molecule has 3 rings (SSSR count). The molecule has 0 bridgehead atoms. The molecule has 3 aliphatic rings. The predicted molar refractivity (Wildman–Crippen MR) is 444 cm³/mol. The van der Waals surface area contributed by atoms with E-state index in [1.54, 1.807) is 0 Å². The van der Waals surface area contributed by atoms with Crippen molar-refractivity contribution in [3.63, 3.8) is 0 Å². The van der Waals surface area contributed by atoms with Crippen molar-refractivity contribution in [2.24, 2.45) is 0 Å². The van der Waals surface area contributed by atoms with Gasteiger partial charge in [-0.3, -0.25) is 61.2 Å². The number of aliphatic hydroxyl groups is 10.